The van der Waals surface area contributed by atoms with Gasteiger partial charge in [0, 0.05) is 32.8 Å². The molecule has 0 saturated carbocycles. The first-order chi connectivity index (χ1) is 17.7. The number of anilines is 1. The van der Waals surface area contributed by atoms with Crippen LogP contribution >= 0.6 is 11.3 Å². The van der Waals surface area contributed by atoms with E-state index in [1.807, 2.05) is 29.5 Å². The van der Waals surface area contributed by atoms with Crippen LogP contribution in [0.25, 0.3) is 41.7 Å². The lowest BCUT2D eigenvalue weighted by atomic mass is 9.96. The molecule has 6 rings (SSSR count). The minimum atomic E-state index is -0.458. The van der Waals surface area contributed by atoms with Gasteiger partial charge in [-0.25, -0.2) is 4.79 Å². The summed E-state index contributed by atoms with van der Waals surface area (Å²) < 4.78 is 8.07. The first-order valence-electron chi connectivity index (χ1n) is 12.1. The van der Waals surface area contributed by atoms with Crippen molar-refractivity contribution in [2.75, 3.05) is 11.9 Å². The number of esters is 1. The molecule has 0 aliphatic heterocycles. The van der Waals surface area contributed by atoms with Gasteiger partial charge in [0.15, 0.2) is 5.75 Å². The predicted molar refractivity (Wildman–Crippen MR) is 153 cm³/mol. The van der Waals surface area contributed by atoms with Crippen LogP contribution in [0.2, 0.25) is 0 Å². The highest BCUT2D eigenvalue weighted by atomic mass is 32.1. The molecule has 0 aliphatic rings. The largest absolute Gasteiger partial charge is 0.421 e. The molecule has 1 heterocycles. The van der Waals surface area contributed by atoms with Crippen LogP contribution in [0.3, 0.4) is 0 Å². The van der Waals surface area contributed by atoms with E-state index < -0.39 is 5.97 Å². The van der Waals surface area contributed by atoms with Crippen LogP contribution in [-0.2, 0) is 11.2 Å². The van der Waals surface area contributed by atoms with Gasteiger partial charge in [-0.15, -0.1) is 11.3 Å². The van der Waals surface area contributed by atoms with Crippen molar-refractivity contribution < 1.29 is 9.53 Å². The Morgan fingerprint density at radius 1 is 0.861 bits per heavy atom. The summed E-state index contributed by atoms with van der Waals surface area (Å²) in [5.41, 5.74) is 2.19. The van der Waals surface area contributed by atoms with Crippen molar-refractivity contribution in [3.8, 4) is 5.75 Å². The standard InChI is InChI=1S/C32H25NO2S/c1-2-29(34)35-27-16-8-7-15-26(27)33-19-9-12-23-20-22-11-4-6-14-25(22)31-30-24-13-5-3-10-21(24)17-18-28(30)36-32(23)31/h2-8,10-11,13-18,20,33H,1,9,12,19H2. The number of aryl methyl sites for hydroxylation is 1. The van der Waals surface area contributed by atoms with E-state index in [2.05, 4.69) is 78.6 Å². The number of fused-ring (bicyclic) bond motifs is 7. The minimum Gasteiger partial charge on any atom is -0.421 e. The van der Waals surface area contributed by atoms with Gasteiger partial charge in [-0.05, 0) is 64.2 Å². The van der Waals surface area contributed by atoms with Gasteiger partial charge in [0.1, 0.15) is 0 Å². The smallest absolute Gasteiger partial charge is 0.335 e. The third kappa shape index (κ3) is 4.00. The van der Waals surface area contributed by atoms with E-state index in [-0.39, 0.29) is 0 Å². The number of benzene rings is 5. The lowest BCUT2D eigenvalue weighted by Crippen LogP contribution is -2.08. The maximum atomic E-state index is 11.7. The summed E-state index contributed by atoms with van der Waals surface area (Å²) in [6.07, 6.45) is 3.08. The second-order valence-electron chi connectivity index (χ2n) is 8.87. The first kappa shape index (κ1) is 22.3. The lowest BCUT2D eigenvalue weighted by Gasteiger charge is -2.12. The minimum absolute atomic E-state index is 0.458. The highest BCUT2D eigenvalue weighted by molar-refractivity contribution is 7.26. The van der Waals surface area contributed by atoms with Gasteiger partial charge in [-0.1, -0.05) is 73.3 Å². The van der Waals surface area contributed by atoms with Crippen molar-refractivity contribution in [1.29, 1.82) is 0 Å². The van der Waals surface area contributed by atoms with Gasteiger partial charge < -0.3 is 10.1 Å². The predicted octanol–water partition coefficient (Wildman–Crippen LogP) is 8.50. The summed E-state index contributed by atoms with van der Waals surface area (Å²) in [7, 11) is 0. The molecular weight excluding hydrogens is 462 g/mol. The van der Waals surface area contributed by atoms with E-state index in [1.165, 1.54) is 53.4 Å². The molecule has 0 aliphatic carbocycles. The Balaban J connectivity index is 1.34. The first-order valence-corrected chi connectivity index (χ1v) is 13.0. The molecule has 4 heteroatoms. The van der Waals surface area contributed by atoms with Crippen molar-refractivity contribution in [2.24, 2.45) is 0 Å². The molecule has 0 saturated heterocycles. The van der Waals surface area contributed by atoms with Crippen LogP contribution in [0.5, 0.6) is 5.75 Å². The van der Waals surface area contributed by atoms with Crippen LogP contribution in [0.1, 0.15) is 12.0 Å². The van der Waals surface area contributed by atoms with Crippen LogP contribution in [0.4, 0.5) is 5.69 Å². The number of nitrogens with one attached hydrogen (secondary N) is 1. The lowest BCUT2D eigenvalue weighted by molar-refractivity contribution is -0.128. The van der Waals surface area contributed by atoms with Gasteiger partial charge in [-0.3, -0.25) is 0 Å². The highest BCUT2D eigenvalue weighted by Gasteiger charge is 2.15. The van der Waals surface area contributed by atoms with Crippen molar-refractivity contribution in [1.82, 2.24) is 0 Å². The molecule has 176 valence electrons. The Bertz CT molecular complexity index is 1770. The van der Waals surface area contributed by atoms with Crippen LogP contribution in [0.15, 0.2) is 104 Å². The second-order valence-corrected chi connectivity index (χ2v) is 9.93. The van der Waals surface area contributed by atoms with Crippen molar-refractivity contribution in [3.05, 3.63) is 109 Å². The normalized spacial score (nSPS) is 11.3. The third-order valence-corrected chi connectivity index (χ3v) is 7.86. The maximum absolute atomic E-state index is 11.7. The molecule has 0 unspecified atom stereocenters. The number of hydrogen-bond acceptors (Lipinski definition) is 4. The van der Waals surface area contributed by atoms with E-state index in [4.69, 9.17) is 4.74 Å². The highest BCUT2D eigenvalue weighted by Crippen LogP contribution is 2.43. The van der Waals surface area contributed by atoms with E-state index in [9.17, 15) is 4.79 Å². The molecule has 0 fully saturated rings. The summed E-state index contributed by atoms with van der Waals surface area (Å²) >= 11 is 1.90. The average Bonchev–Trinajstić information content (AvgIpc) is 3.32. The fourth-order valence-corrected chi connectivity index (χ4v) is 6.27. The second kappa shape index (κ2) is 9.48. The van der Waals surface area contributed by atoms with Gasteiger partial charge >= 0.3 is 5.97 Å². The molecule has 1 aromatic heterocycles. The molecule has 5 aromatic carbocycles. The third-order valence-electron chi connectivity index (χ3n) is 6.63. The summed E-state index contributed by atoms with van der Waals surface area (Å²) in [6, 6.07) is 31.8. The number of carbonyl (C=O) groups is 1. The monoisotopic (exact) mass is 487 g/mol. The Labute approximate surface area is 213 Å². The molecule has 0 spiro atoms. The van der Waals surface area contributed by atoms with E-state index in [1.54, 1.807) is 6.07 Å². The molecule has 3 nitrogen and oxygen atoms in total. The summed E-state index contributed by atoms with van der Waals surface area (Å²) in [5.74, 6) is 0.0620. The number of para-hydroxylation sites is 2. The van der Waals surface area contributed by atoms with Crippen molar-refractivity contribution >= 4 is 64.7 Å². The number of hydrogen-bond donors (Lipinski definition) is 1. The molecule has 0 bridgehead atoms. The number of thiophene rings is 1. The molecule has 0 atom stereocenters. The Morgan fingerprint density at radius 2 is 1.58 bits per heavy atom. The topological polar surface area (TPSA) is 38.3 Å². The molecule has 0 amide bonds. The molecule has 1 N–H and O–H groups in total. The van der Waals surface area contributed by atoms with Crippen LogP contribution < -0.4 is 10.1 Å². The van der Waals surface area contributed by atoms with Gasteiger partial charge in [0.25, 0.3) is 0 Å². The van der Waals surface area contributed by atoms with Crippen molar-refractivity contribution in [3.63, 3.8) is 0 Å². The fourth-order valence-electron chi connectivity index (χ4n) is 5.00. The quantitative estimate of drug-likeness (QED) is 0.106. The summed E-state index contributed by atoms with van der Waals surface area (Å²) in [6.45, 7) is 4.25. The van der Waals surface area contributed by atoms with E-state index >= 15 is 0 Å². The maximum Gasteiger partial charge on any atom is 0.335 e. The van der Waals surface area contributed by atoms with Crippen LogP contribution in [0, 0.1) is 0 Å². The van der Waals surface area contributed by atoms with E-state index in [0.29, 0.717) is 5.75 Å². The van der Waals surface area contributed by atoms with Crippen molar-refractivity contribution in [2.45, 2.75) is 12.8 Å². The zero-order chi connectivity index (χ0) is 24.5. The SMILES string of the molecule is C=CC(=O)Oc1ccccc1NCCCc1cc2ccccc2c2c1sc1ccc3ccccc3c12. The van der Waals surface area contributed by atoms with Gasteiger partial charge in [-0.2, -0.15) is 0 Å². The van der Waals surface area contributed by atoms with Gasteiger partial charge in [0.05, 0.1) is 5.69 Å². The molecular formula is C32H25NO2S. The number of ether oxygens (including phenoxy) is 1. The zero-order valence-electron chi connectivity index (χ0n) is 19.8. The number of rotatable bonds is 7. The van der Waals surface area contributed by atoms with Gasteiger partial charge in [0.2, 0.25) is 0 Å². The Kier molecular flexibility index (Phi) is 5.88. The van der Waals surface area contributed by atoms with E-state index in [0.717, 1.165) is 25.1 Å². The summed E-state index contributed by atoms with van der Waals surface area (Å²) in [5, 5.41) is 11.4. The zero-order valence-corrected chi connectivity index (χ0v) is 20.6. The Hall–Kier alpha value is -4.15. The summed E-state index contributed by atoms with van der Waals surface area (Å²) in [4.78, 5) is 11.7. The average molecular weight is 488 g/mol. The molecule has 36 heavy (non-hydrogen) atoms. The molecule has 0 radical (unpaired) electrons. The Morgan fingerprint density at radius 3 is 2.42 bits per heavy atom. The number of carbonyl (C=O) groups excluding carboxylic acids is 1. The fraction of sp³-hybridized carbons (Fsp3) is 0.0938. The van der Waals surface area contributed by atoms with Crippen LogP contribution in [-0.4, -0.2) is 12.5 Å². The molecule has 6 aromatic rings.